The number of nitrogens with one attached hydrogen (secondary N) is 1. The molecule has 29 heavy (non-hydrogen) atoms. The lowest BCUT2D eigenvalue weighted by molar-refractivity contribution is -0.130. The predicted octanol–water partition coefficient (Wildman–Crippen LogP) is 2.85. The Labute approximate surface area is 171 Å². The van der Waals surface area contributed by atoms with E-state index in [2.05, 4.69) is 16.4 Å². The van der Waals surface area contributed by atoms with Gasteiger partial charge < -0.3 is 10.2 Å². The lowest BCUT2D eigenvalue weighted by Crippen LogP contribution is -2.28. The molecule has 3 heterocycles. The molecular weight excluding hydrogens is 366 g/mol. The molecule has 7 heteroatoms. The number of hydrogen-bond donors (Lipinski definition) is 1. The number of carbonyl (C=O) groups excluding carboxylic acids is 2. The molecule has 0 spiro atoms. The highest BCUT2D eigenvalue weighted by molar-refractivity contribution is 5.80. The molecule has 1 saturated heterocycles. The fourth-order valence-corrected chi connectivity index (χ4v) is 4.82. The van der Waals surface area contributed by atoms with Gasteiger partial charge in [-0.3, -0.25) is 9.59 Å². The van der Waals surface area contributed by atoms with Gasteiger partial charge in [0, 0.05) is 50.5 Å². The Morgan fingerprint density at radius 3 is 2.86 bits per heavy atom. The van der Waals surface area contributed by atoms with E-state index in [0.29, 0.717) is 25.4 Å². The van der Waals surface area contributed by atoms with Crippen molar-refractivity contribution in [1.82, 2.24) is 25.0 Å². The lowest BCUT2D eigenvalue weighted by Gasteiger charge is -2.17. The summed E-state index contributed by atoms with van der Waals surface area (Å²) in [6.07, 6.45) is 9.70. The van der Waals surface area contributed by atoms with E-state index in [1.165, 1.54) is 32.6 Å². The first-order valence-corrected chi connectivity index (χ1v) is 11.0. The summed E-state index contributed by atoms with van der Waals surface area (Å²) >= 11 is 0. The number of aromatic nitrogens is 3. The van der Waals surface area contributed by atoms with Crippen molar-refractivity contribution in [2.45, 2.75) is 64.3 Å². The Morgan fingerprint density at radius 1 is 1.24 bits per heavy atom. The maximum absolute atomic E-state index is 12.7. The van der Waals surface area contributed by atoms with Gasteiger partial charge in [-0.2, -0.15) is 5.10 Å². The van der Waals surface area contributed by atoms with Crippen molar-refractivity contribution in [2.24, 2.45) is 5.92 Å². The third-order valence-electron chi connectivity index (χ3n) is 6.40. The van der Waals surface area contributed by atoms with Crippen LogP contribution in [0.2, 0.25) is 0 Å². The van der Waals surface area contributed by atoms with E-state index in [1.807, 2.05) is 15.6 Å². The average Bonchev–Trinajstić information content (AvgIpc) is 3.46. The van der Waals surface area contributed by atoms with Gasteiger partial charge in [0.25, 0.3) is 0 Å². The van der Waals surface area contributed by atoms with Gasteiger partial charge in [0.1, 0.15) is 0 Å². The second kappa shape index (κ2) is 8.93. The minimum absolute atomic E-state index is 0.0443. The van der Waals surface area contributed by atoms with Gasteiger partial charge in [0.05, 0.1) is 12.2 Å². The number of fused-ring (bicyclic) bond motifs is 1. The van der Waals surface area contributed by atoms with Crippen LogP contribution >= 0.6 is 0 Å². The quantitative estimate of drug-likeness (QED) is 0.779. The van der Waals surface area contributed by atoms with Crippen LogP contribution in [-0.2, 0) is 16.1 Å². The van der Waals surface area contributed by atoms with Crippen LogP contribution in [0.25, 0.3) is 11.0 Å². The summed E-state index contributed by atoms with van der Waals surface area (Å²) in [6.45, 7) is 4.19. The minimum atomic E-state index is -0.0443. The Hall–Kier alpha value is -2.44. The van der Waals surface area contributed by atoms with Crippen LogP contribution in [0, 0.1) is 5.92 Å². The molecule has 7 nitrogen and oxygen atoms in total. The first-order valence-electron chi connectivity index (χ1n) is 11.0. The van der Waals surface area contributed by atoms with Crippen LogP contribution < -0.4 is 5.32 Å². The molecule has 156 valence electrons. The molecule has 1 saturated carbocycles. The molecule has 0 unspecified atom stereocenters. The Balaban J connectivity index is 1.41. The van der Waals surface area contributed by atoms with Gasteiger partial charge in [-0.15, -0.1) is 0 Å². The highest BCUT2D eigenvalue weighted by Crippen LogP contribution is 2.33. The van der Waals surface area contributed by atoms with Crippen LogP contribution in [0.3, 0.4) is 0 Å². The van der Waals surface area contributed by atoms with Crippen molar-refractivity contribution in [3.63, 3.8) is 0 Å². The van der Waals surface area contributed by atoms with Gasteiger partial charge in [0.15, 0.2) is 5.65 Å². The molecule has 4 rings (SSSR count). The molecule has 2 fully saturated rings. The van der Waals surface area contributed by atoms with Gasteiger partial charge in [0.2, 0.25) is 11.8 Å². The number of carbonyl (C=O) groups is 2. The van der Waals surface area contributed by atoms with Gasteiger partial charge in [-0.05, 0) is 30.9 Å². The largest absolute Gasteiger partial charge is 0.354 e. The van der Waals surface area contributed by atoms with E-state index in [1.54, 1.807) is 6.20 Å². The summed E-state index contributed by atoms with van der Waals surface area (Å²) in [4.78, 5) is 30.4. The number of pyridine rings is 1. The number of rotatable bonds is 7. The SMILES string of the molecule is CC(=O)NCCn1nc([C@H]2CCN(C(=O)CCC3CCCC3)C2)c2cccnc21. The third-order valence-corrected chi connectivity index (χ3v) is 6.40. The first kappa shape index (κ1) is 19.9. The van der Waals surface area contributed by atoms with E-state index in [-0.39, 0.29) is 11.8 Å². The van der Waals surface area contributed by atoms with Crippen LogP contribution in [0.4, 0.5) is 0 Å². The maximum Gasteiger partial charge on any atom is 0.222 e. The molecule has 1 aliphatic heterocycles. The smallest absolute Gasteiger partial charge is 0.222 e. The molecule has 0 radical (unpaired) electrons. The third kappa shape index (κ3) is 4.60. The second-order valence-electron chi connectivity index (χ2n) is 8.48. The van der Waals surface area contributed by atoms with Crippen molar-refractivity contribution in [1.29, 1.82) is 0 Å². The van der Waals surface area contributed by atoms with Crippen molar-refractivity contribution in [2.75, 3.05) is 19.6 Å². The van der Waals surface area contributed by atoms with Crippen molar-refractivity contribution < 1.29 is 9.59 Å². The lowest BCUT2D eigenvalue weighted by atomic mass is 10.0. The zero-order valence-corrected chi connectivity index (χ0v) is 17.3. The van der Waals surface area contributed by atoms with Crippen LogP contribution in [0.15, 0.2) is 18.3 Å². The zero-order valence-electron chi connectivity index (χ0n) is 17.3. The Morgan fingerprint density at radius 2 is 2.07 bits per heavy atom. The van der Waals surface area contributed by atoms with E-state index < -0.39 is 0 Å². The van der Waals surface area contributed by atoms with Crippen molar-refractivity contribution in [3.8, 4) is 0 Å². The molecule has 2 aliphatic rings. The highest BCUT2D eigenvalue weighted by Gasteiger charge is 2.31. The molecule has 2 aromatic rings. The fraction of sp³-hybridized carbons (Fsp3) is 0.636. The summed E-state index contributed by atoms with van der Waals surface area (Å²) in [5, 5.41) is 8.71. The van der Waals surface area contributed by atoms with E-state index >= 15 is 0 Å². The molecule has 0 bridgehead atoms. The molecule has 1 N–H and O–H groups in total. The van der Waals surface area contributed by atoms with E-state index in [9.17, 15) is 9.59 Å². The Kier molecular flexibility index (Phi) is 6.11. The summed E-state index contributed by atoms with van der Waals surface area (Å²) in [6, 6.07) is 4.00. The van der Waals surface area contributed by atoms with Crippen LogP contribution in [0.1, 0.15) is 63.5 Å². The molecule has 1 aliphatic carbocycles. The fourth-order valence-electron chi connectivity index (χ4n) is 4.82. The second-order valence-corrected chi connectivity index (χ2v) is 8.48. The summed E-state index contributed by atoms with van der Waals surface area (Å²) in [5.74, 6) is 1.26. The van der Waals surface area contributed by atoms with Crippen molar-refractivity contribution in [3.05, 3.63) is 24.0 Å². The summed E-state index contributed by atoms with van der Waals surface area (Å²) in [7, 11) is 0. The van der Waals surface area contributed by atoms with Gasteiger partial charge >= 0.3 is 0 Å². The monoisotopic (exact) mass is 397 g/mol. The van der Waals surface area contributed by atoms with E-state index in [4.69, 9.17) is 5.10 Å². The molecule has 2 aromatic heterocycles. The normalized spacial score (nSPS) is 19.9. The number of amides is 2. The molecule has 2 amide bonds. The van der Waals surface area contributed by atoms with E-state index in [0.717, 1.165) is 48.6 Å². The van der Waals surface area contributed by atoms with Gasteiger partial charge in [-0.25, -0.2) is 9.67 Å². The average molecular weight is 398 g/mol. The summed E-state index contributed by atoms with van der Waals surface area (Å²) < 4.78 is 1.88. The Bertz CT molecular complexity index is 871. The van der Waals surface area contributed by atoms with Gasteiger partial charge in [-0.1, -0.05) is 25.7 Å². The molecule has 0 aromatic carbocycles. The maximum atomic E-state index is 12.7. The first-order chi connectivity index (χ1) is 14.1. The number of nitrogens with zero attached hydrogens (tertiary/aromatic N) is 4. The minimum Gasteiger partial charge on any atom is -0.354 e. The number of hydrogen-bond acceptors (Lipinski definition) is 4. The van der Waals surface area contributed by atoms with Crippen LogP contribution in [-0.4, -0.2) is 51.1 Å². The van der Waals surface area contributed by atoms with Crippen molar-refractivity contribution >= 4 is 22.8 Å². The highest BCUT2D eigenvalue weighted by atomic mass is 16.2. The molecular formula is C22H31N5O2. The molecule has 1 atom stereocenters. The topological polar surface area (TPSA) is 80.1 Å². The summed E-state index contributed by atoms with van der Waals surface area (Å²) in [5.41, 5.74) is 1.88. The van der Waals surface area contributed by atoms with Crippen LogP contribution in [0.5, 0.6) is 0 Å². The zero-order chi connectivity index (χ0) is 20.2. The number of likely N-dealkylation sites (tertiary alicyclic amines) is 1. The predicted molar refractivity (Wildman–Crippen MR) is 111 cm³/mol. The standard InChI is InChI=1S/C22H31N5O2/c1-16(28)23-12-14-27-22-19(7-4-11-24-22)21(25-27)18-10-13-26(15-18)20(29)9-8-17-5-2-3-6-17/h4,7,11,17-18H,2-3,5-6,8-10,12-15H2,1H3,(H,23,28)/t18-/m0/s1.